The summed E-state index contributed by atoms with van der Waals surface area (Å²) in [6.07, 6.45) is 0. The lowest BCUT2D eigenvalue weighted by Gasteiger charge is -2.18. The lowest BCUT2D eigenvalue weighted by atomic mass is 10.2. The molecule has 0 amide bonds. The van der Waals surface area contributed by atoms with Crippen LogP contribution >= 0.6 is 27.3 Å². The number of hydrogen-bond acceptors (Lipinski definition) is 4. The van der Waals surface area contributed by atoms with Gasteiger partial charge in [-0.2, -0.15) is 0 Å². The Hall–Kier alpha value is -0.680. The average Bonchev–Trinajstić information content (AvgIpc) is 2.62. The zero-order valence-electron chi connectivity index (χ0n) is 9.37. The lowest BCUT2D eigenvalue weighted by molar-refractivity contribution is 0.00752. The first kappa shape index (κ1) is 13.4. The van der Waals surface area contributed by atoms with Crippen LogP contribution < -0.4 is 0 Å². The summed E-state index contributed by atoms with van der Waals surface area (Å²) in [5.74, 6) is -0.419. The predicted octanol–water partition coefficient (Wildman–Crippen LogP) is 3.28. The SMILES string of the molecule is CC(C)(C)OC(=O)c1cc(C(=O)CBr)cs1. The number of thiophene rings is 1. The smallest absolute Gasteiger partial charge is 0.348 e. The molecule has 1 rings (SSSR count). The number of carbonyl (C=O) groups excluding carboxylic acids is 2. The highest BCUT2D eigenvalue weighted by Gasteiger charge is 2.20. The minimum absolute atomic E-state index is 0.0361. The number of rotatable bonds is 3. The first-order valence-corrected chi connectivity index (χ1v) is 6.74. The lowest BCUT2D eigenvalue weighted by Crippen LogP contribution is -2.23. The first-order chi connectivity index (χ1) is 7.33. The molecule has 0 aliphatic heterocycles. The Bertz CT molecular complexity index is 404. The zero-order chi connectivity index (χ0) is 12.3. The average molecular weight is 305 g/mol. The Morgan fingerprint density at radius 2 is 2.06 bits per heavy atom. The zero-order valence-corrected chi connectivity index (χ0v) is 11.8. The van der Waals surface area contributed by atoms with Crippen molar-refractivity contribution in [3.63, 3.8) is 0 Å². The van der Waals surface area contributed by atoms with Crippen molar-refractivity contribution in [3.8, 4) is 0 Å². The molecule has 5 heteroatoms. The molecule has 0 saturated carbocycles. The van der Waals surface area contributed by atoms with Crippen molar-refractivity contribution in [1.29, 1.82) is 0 Å². The van der Waals surface area contributed by atoms with Gasteiger partial charge in [0.2, 0.25) is 0 Å². The van der Waals surface area contributed by atoms with Crippen LogP contribution in [0.15, 0.2) is 11.4 Å². The second-order valence-electron chi connectivity index (χ2n) is 4.26. The minimum Gasteiger partial charge on any atom is -0.456 e. The number of alkyl halides is 1. The normalized spacial score (nSPS) is 11.2. The standard InChI is InChI=1S/C11H13BrO3S/c1-11(2,3)15-10(14)9-4-7(6-16-9)8(13)5-12/h4,6H,5H2,1-3H3. The summed E-state index contributed by atoms with van der Waals surface area (Å²) in [7, 11) is 0. The van der Waals surface area contributed by atoms with E-state index in [2.05, 4.69) is 15.9 Å². The van der Waals surface area contributed by atoms with E-state index in [0.29, 0.717) is 10.4 Å². The fourth-order valence-electron chi connectivity index (χ4n) is 0.995. The van der Waals surface area contributed by atoms with Crippen LogP contribution in [0.25, 0.3) is 0 Å². The number of hydrogen-bond donors (Lipinski definition) is 0. The maximum atomic E-state index is 11.6. The summed E-state index contributed by atoms with van der Waals surface area (Å²) in [5, 5.41) is 1.93. The van der Waals surface area contributed by atoms with Crippen molar-refractivity contribution in [2.75, 3.05) is 5.33 Å². The third-order valence-corrected chi connectivity index (χ3v) is 3.06. The van der Waals surface area contributed by atoms with Crippen LogP contribution in [0.1, 0.15) is 40.8 Å². The molecule has 1 aromatic heterocycles. The van der Waals surface area contributed by atoms with Gasteiger partial charge < -0.3 is 4.74 Å². The van der Waals surface area contributed by atoms with Crippen LogP contribution in [0, 0.1) is 0 Å². The summed E-state index contributed by atoms with van der Waals surface area (Å²) in [6.45, 7) is 5.43. The van der Waals surface area contributed by atoms with E-state index in [0.717, 1.165) is 0 Å². The molecule has 3 nitrogen and oxygen atoms in total. The van der Waals surface area contributed by atoms with Gasteiger partial charge in [-0.05, 0) is 26.8 Å². The molecule has 0 aromatic carbocycles. The van der Waals surface area contributed by atoms with Crippen LogP contribution in [-0.4, -0.2) is 22.7 Å². The van der Waals surface area contributed by atoms with Gasteiger partial charge in [0.15, 0.2) is 5.78 Å². The van der Waals surface area contributed by atoms with E-state index in [1.54, 1.807) is 11.4 Å². The van der Waals surface area contributed by atoms with Gasteiger partial charge in [0.05, 0.1) is 5.33 Å². The Labute approximate surface area is 107 Å². The van der Waals surface area contributed by atoms with Gasteiger partial charge in [-0.15, -0.1) is 11.3 Å². The Kier molecular flexibility index (Phi) is 4.27. The molecule has 88 valence electrons. The van der Waals surface area contributed by atoms with E-state index in [9.17, 15) is 9.59 Å². The second kappa shape index (κ2) is 5.10. The van der Waals surface area contributed by atoms with Crippen molar-refractivity contribution in [2.24, 2.45) is 0 Å². The van der Waals surface area contributed by atoms with Gasteiger partial charge in [-0.25, -0.2) is 4.79 Å². The maximum Gasteiger partial charge on any atom is 0.348 e. The van der Waals surface area contributed by atoms with E-state index in [4.69, 9.17) is 4.74 Å². The van der Waals surface area contributed by atoms with Crippen molar-refractivity contribution < 1.29 is 14.3 Å². The molecule has 0 unspecified atom stereocenters. The van der Waals surface area contributed by atoms with Crippen LogP contribution in [0.4, 0.5) is 0 Å². The molecule has 1 heterocycles. The number of halogens is 1. The van der Waals surface area contributed by atoms with Crippen molar-refractivity contribution in [2.45, 2.75) is 26.4 Å². The molecule has 0 spiro atoms. The highest BCUT2D eigenvalue weighted by atomic mass is 79.9. The third-order valence-electron chi connectivity index (χ3n) is 1.64. The molecule has 0 atom stereocenters. The summed E-state index contributed by atoms with van der Waals surface area (Å²) in [5.41, 5.74) is 0.0310. The molecule has 0 fully saturated rings. The molecule has 0 saturated heterocycles. The van der Waals surface area contributed by atoms with Crippen molar-refractivity contribution >= 4 is 39.0 Å². The highest BCUT2D eigenvalue weighted by Crippen LogP contribution is 2.19. The Morgan fingerprint density at radius 1 is 1.44 bits per heavy atom. The number of esters is 1. The van der Waals surface area contributed by atoms with Gasteiger partial charge in [0.1, 0.15) is 10.5 Å². The van der Waals surface area contributed by atoms with Crippen LogP contribution in [0.3, 0.4) is 0 Å². The van der Waals surface area contributed by atoms with E-state index >= 15 is 0 Å². The minimum atomic E-state index is -0.513. The fourth-order valence-corrected chi connectivity index (χ4v) is 2.11. The molecule has 0 aliphatic carbocycles. The van der Waals surface area contributed by atoms with Crippen LogP contribution in [-0.2, 0) is 4.74 Å². The quantitative estimate of drug-likeness (QED) is 0.489. The first-order valence-electron chi connectivity index (χ1n) is 4.74. The van der Waals surface area contributed by atoms with Gasteiger partial charge in [-0.1, -0.05) is 15.9 Å². The maximum absolute atomic E-state index is 11.6. The van der Waals surface area contributed by atoms with E-state index < -0.39 is 5.60 Å². The third kappa shape index (κ3) is 3.72. The van der Waals surface area contributed by atoms with Crippen LogP contribution in [0.2, 0.25) is 0 Å². The van der Waals surface area contributed by atoms with Gasteiger partial charge >= 0.3 is 5.97 Å². The number of ketones is 1. The van der Waals surface area contributed by atoms with Crippen molar-refractivity contribution in [1.82, 2.24) is 0 Å². The number of carbonyl (C=O) groups is 2. The number of ether oxygens (including phenoxy) is 1. The van der Waals surface area contributed by atoms with Crippen molar-refractivity contribution in [3.05, 3.63) is 21.9 Å². The van der Waals surface area contributed by atoms with Gasteiger partial charge in [0.25, 0.3) is 0 Å². The summed E-state index contributed by atoms with van der Waals surface area (Å²) in [4.78, 5) is 23.4. The van der Waals surface area contributed by atoms with Crippen LogP contribution in [0.5, 0.6) is 0 Å². The molecule has 0 N–H and O–H groups in total. The largest absolute Gasteiger partial charge is 0.456 e. The molecule has 0 radical (unpaired) electrons. The topological polar surface area (TPSA) is 43.4 Å². The molecule has 0 aliphatic rings. The van der Waals surface area contributed by atoms with Gasteiger partial charge in [0, 0.05) is 10.9 Å². The van der Waals surface area contributed by atoms with E-state index in [1.165, 1.54) is 11.3 Å². The fraction of sp³-hybridized carbons (Fsp3) is 0.455. The Balaban J connectivity index is 2.78. The summed E-state index contributed by atoms with van der Waals surface area (Å²) in [6, 6.07) is 1.57. The highest BCUT2D eigenvalue weighted by molar-refractivity contribution is 9.09. The van der Waals surface area contributed by atoms with E-state index in [1.807, 2.05) is 20.8 Å². The van der Waals surface area contributed by atoms with E-state index in [-0.39, 0.29) is 17.1 Å². The molecular weight excluding hydrogens is 292 g/mol. The number of Topliss-reactive ketones (excluding diaryl/α,β-unsaturated/α-hetero) is 1. The molecular formula is C11H13BrO3S. The predicted molar refractivity (Wildman–Crippen MR) is 67.6 cm³/mol. The molecule has 16 heavy (non-hydrogen) atoms. The molecule has 1 aromatic rings. The molecule has 0 bridgehead atoms. The Morgan fingerprint density at radius 3 is 2.56 bits per heavy atom. The second-order valence-corrected chi connectivity index (χ2v) is 5.73. The monoisotopic (exact) mass is 304 g/mol. The summed E-state index contributed by atoms with van der Waals surface area (Å²) >= 11 is 4.31. The van der Waals surface area contributed by atoms with Gasteiger partial charge in [-0.3, -0.25) is 4.79 Å². The summed E-state index contributed by atoms with van der Waals surface area (Å²) < 4.78 is 5.20.